The van der Waals surface area contributed by atoms with Crippen molar-refractivity contribution in [3.8, 4) is 6.01 Å². The van der Waals surface area contributed by atoms with Crippen LogP contribution < -0.4 is 10.1 Å². The molecular weight excluding hydrogens is 256 g/mol. The van der Waals surface area contributed by atoms with Crippen LogP contribution in [0.5, 0.6) is 6.01 Å². The van der Waals surface area contributed by atoms with E-state index in [2.05, 4.69) is 20.5 Å². The Balaban J connectivity index is 2.10. The van der Waals surface area contributed by atoms with Gasteiger partial charge in [-0.15, -0.1) is 5.10 Å². The SMILES string of the molecule is CCOc1n[nH]c(NC(=O)C(C)(C)c2ccccc2)n1. The van der Waals surface area contributed by atoms with E-state index in [1.54, 1.807) is 0 Å². The average molecular weight is 274 g/mol. The van der Waals surface area contributed by atoms with E-state index in [9.17, 15) is 4.79 Å². The Bertz CT molecular complexity index is 578. The second-order valence-electron chi connectivity index (χ2n) is 4.84. The highest BCUT2D eigenvalue weighted by molar-refractivity contribution is 5.97. The molecule has 0 aliphatic carbocycles. The minimum absolute atomic E-state index is 0.164. The maximum Gasteiger partial charge on any atom is 0.337 e. The zero-order chi connectivity index (χ0) is 14.6. The third kappa shape index (κ3) is 2.96. The predicted octanol–water partition coefficient (Wildman–Crippen LogP) is 2.12. The Labute approximate surface area is 117 Å². The summed E-state index contributed by atoms with van der Waals surface area (Å²) < 4.78 is 5.13. The van der Waals surface area contributed by atoms with Gasteiger partial charge in [-0.3, -0.25) is 10.1 Å². The number of aromatic nitrogens is 3. The van der Waals surface area contributed by atoms with Gasteiger partial charge in [0.25, 0.3) is 0 Å². The first-order valence-corrected chi connectivity index (χ1v) is 6.46. The lowest BCUT2D eigenvalue weighted by molar-refractivity contribution is -0.120. The van der Waals surface area contributed by atoms with Gasteiger partial charge in [0, 0.05) is 0 Å². The van der Waals surface area contributed by atoms with Crippen molar-refractivity contribution in [2.45, 2.75) is 26.2 Å². The lowest BCUT2D eigenvalue weighted by atomic mass is 9.84. The van der Waals surface area contributed by atoms with Gasteiger partial charge in [-0.2, -0.15) is 4.98 Å². The Morgan fingerprint density at radius 2 is 2.05 bits per heavy atom. The normalized spacial score (nSPS) is 11.2. The van der Waals surface area contributed by atoms with Gasteiger partial charge < -0.3 is 4.74 Å². The average Bonchev–Trinajstić information content (AvgIpc) is 2.87. The minimum atomic E-state index is -0.667. The van der Waals surface area contributed by atoms with Crippen molar-refractivity contribution in [2.24, 2.45) is 0 Å². The minimum Gasteiger partial charge on any atom is -0.463 e. The van der Waals surface area contributed by atoms with Gasteiger partial charge in [-0.1, -0.05) is 30.3 Å². The third-order valence-electron chi connectivity index (χ3n) is 3.03. The Morgan fingerprint density at radius 3 is 2.70 bits per heavy atom. The van der Waals surface area contributed by atoms with Crippen LogP contribution >= 0.6 is 0 Å². The molecule has 0 fully saturated rings. The molecule has 1 heterocycles. The Hall–Kier alpha value is -2.37. The number of hydrogen-bond donors (Lipinski definition) is 2. The zero-order valence-electron chi connectivity index (χ0n) is 11.8. The highest BCUT2D eigenvalue weighted by Gasteiger charge is 2.30. The molecule has 0 bridgehead atoms. The van der Waals surface area contributed by atoms with Crippen LogP contribution in [0.3, 0.4) is 0 Å². The molecule has 0 spiro atoms. The van der Waals surface area contributed by atoms with Crippen molar-refractivity contribution in [1.29, 1.82) is 0 Å². The summed E-state index contributed by atoms with van der Waals surface area (Å²) in [4.78, 5) is 16.4. The van der Waals surface area contributed by atoms with Crippen molar-refractivity contribution >= 4 is 11.9 Å². The number of H-pyrrole nitrogens is 1. The quantitative estimate of drug-likeness (QED) is 0.875. The maximum atomic E-state index is 12.4. The summed E-state index contributed by atoms with van der Waals surface area (Å²) in [6, 6.07) is 9.80. The van der Waals surface area contributed by atoms with E-state index >= 15 is 0 Å². The number of anilines is 1. The molecular formula is C14H18N4O2. The topological polar surface area (TPSA) is 79.9 Å². The number of rotatable bonds is 5. The fourth-order valence-electron chi connectivity index (χ4n) is 1.75. The molecule has 0 saturated carbocycles. The van der Waals surface area contributed by atoms with Crippen LogP contribution in [0.15, 0.2) is 30.3 Å². The lowest BCUT2D eigenvalue weighted by Gasteiger charge is -2.23. The van der Waals surface area contributed by atoms with Gasteiger partial charge >= 0.3 is 6.01 Å². The fraction of sp³-hybridized carbons (Fsp3) is 0.357. The van der Waals surface area contributed by atoms with E-state index < -0.39 is 5.41 Å². The Morgan fingerprint density at radius 1 is 1.35 bits per heavy atom. The predicted molar refractivity (Wildman–Crippen MR) is 75.6 cm³/mol. The van der Waals surface area contributed by atoms with Crippen LogP contribution in [-0.4, -0.2) is 27.7 Å². The first-order valence-electron chi connectivity index (χ1n) is 6.46. The number of aromatic amines is 1. The second kappa shape index (κ2) is 5.73. The molecule has 6 nitrogen and oxygen atoms in total. The van der Waals surface area contributed by atoms with Crippen molar-refractivity contribution in [2.75, 3.05) is 11.9 Å². The number of nitrogens with one attached hydrogen (secondary N) is 2. The van der Waals surface area contributed by atoms with E-state index in [0.29, 0.717) is 6.61 Å². The monoisotopic (exact) mass is 274 g/mol. The van der Waals surface area contributed by atoms with Crippen LogP contribution in [0.25, 0.3) is 0 Å². The van der Waals surface area contributed by atoms with Crippen LogP contribution in [0.4, 0.5) is 5.95 Å². The van der Waals surface area contributed by atoms with E-state index in [1.165, 1.54) is 0 Å². The number of amides is 1. The van der Waals surface area contributed by atoms with Crippen molar-refractivity contribution < 1.29 is 9.53 Å². The molecule has 2 aromatic rings. The van der Waals surface area contributed by atoms with Gasteiger partial charge in [0.15, 0.2) is 0 Å². The van der Waals surface area contributed by atoms with Crippen molar-refractivity contribution in [3.63, 3.8) is 0 Å². The number of nitrogens with zero attached hydrogens (tertiary/aromatic N) is 2. The molecule has 2 rings (SSSR count). The maximum absolute atomic E-state index is 12.4. The second-order valence-corrected chi connectivity index (χ2v) is 4.84. The highest BCUT2D eigenvalue weighted by atomic mass is 16.5. The molecule has 2 N–H and O–H groups in total. The van der Waals surface area contributed by atoms with Gasteiger partial charge in [-0.25, -0.2) is 5.10 Å². The van der Waals surface area contributed by atoms with Crippen LogP contribution in [0.1, 0.15) is 26.3 Å². The van der Waals surface area contributed by atoms with E-state index in [1.807, 2.05) is 51.1 Å². The summed E-state index contributed by atoms with van der Waals surface area (Å²) in [5.41, 5.74) is 0.266. The number of benzene rings is 1. The highest BCUT2D eigenvalue weighted by Crippen LogP contribution is 2.24. The standard InChI is InChI=1S/C14H18N4O2/c1-4-20-13-16-12(17-18-13)15-11(19)14(2,3)10-8-6-5-7-9-10/h5-9H,4H2,1-3H3,(H2,15,16,17,18,19). The van der Waals surface area contributed by atoms with E-state index in [0.717, 1.165) is 5.56 Å². The van der Waals surface area contributed by atoms with Crippen molar-refractivity contribution in [1.82, 2.24) is 15.2 Å². The summed E-state index contributed by atoms with van der Waals surface area (Å²) in [5.74, 6) is 0.116. The summed E-state index contributed by atoms with van der Waals surface area (Å²) >= 11 is 0. The van der Waals surface area contributed by atoms with Gasteiger partial charge in [-0.05, 0) is 26.3 Å². The van der Waals surface area contributed by atoms with Crippen molar-refractivity contribution in [3.05, 3.63) is 35.9 Å². The largest absolute Gasteiger partial charge is 0.463 e. The van der Waals surface area contributed by atoms with Gasteiger partial charge in [0.1, 0.15) is 0 Å². The number of ether oxygens (including phenoxy) is 1. The smallest absolute Gasteiger partial charge is 0.337 e. The fourth-order valence-corrected chi connectivity index (χ4v) is 1.75. The molecule has 106 valence electrons. The molecule has 0 aliphatic rings. The Kier molecular flexibility index (Phi) is 4.02. The summed E-state index contributed by atoms with van der Waals surface area (Å²) in [7, 11) is 0. The van der Waals surface area contributed by atoms with E-state index in [4.69, 9.17) is 4.74 Å². The van der Waals surface area contributed by atoms with Crippen LogP contribution in [-0.2, 0) is 10.2 Å². The number of carbonyl (C=O) groups excluding carboxylic acids is 1. The van der Waals surface area contributed by atoms with Crippen LogP contribution in [0.2, 0.25) is 0 Å². The first kappa shape index (κ1) is 14.0. The molecule has 0 atom stereocenters. The summed E-state index contributed by atoms with van der Waals surface area (Å²) in [6.45, 7) is 6.03. The van der Waals surface area contributed by atoms with Gasteiger partial charge in [0.05, 0.1) is 12.0 Å². The van der Waals surface area contributed by atoms with E-state index in [-0.39, 0.29) is 17.9 Å². The third-order valence-corrected chi connectivity index (χ3v) is 3.03. The molecule has 0 aliphatic heterocycles. The molecule has 1 amide bonds. The first-order chi connectivity index (χ1) is 9.54. The number of hydrogen-bond acceptors (Lipinski definition) is 4. The molecule has 1 aromatic carbocycles. The molecule has 6 heteroatoms. The molecule has 0 radical (unpaired) electrons. The van der Waals surface area contributed by atoms with Gasteiger partial charge in [0.2, 0.25) is 11.9 Å². The molecule has 20 heavy (non-hydrogen) atoms. The number of carbonyl (C=O) groups is 1. The molecule has 0 unspecified atom stereocenters. The summed E-state index contributed by atoms with van der Waals surface area (Å²) in [6.07, 6.45) is 0. The zero-order valence-corrected chi connectivity index (χ0v) is 11.8. The molecule has 0 saturated heterocycles. The molecule has 1 aromatic heterocycles. The summed E-state index contributed by atoms with van der Waals surface area (Å²) in [5, 5.41) is 9.18. The van der Waals surface area contributed by atoms with Crippen LogP contribution in [0, 0.1) is 0 Å². The lowest BCUT2D eigenvalue weighted by Crippen LogP contribution is -2.35.